The molecule has 3 rings (SSSR count). The number of H-pyrrole nitrogens is 1. The smallest absolute Gasteiger partial charge is 0.119 e. The maximum Gasteiger partial charge on any atom is 0.119 e. The fourth-order valence-corrected chi connectivity index (χ4v) is 2.02. The van der Waals surface area contributed by atoms with E-state index in [0.717, 1.165) is 17.0 Å². The zero-order chi connectivity index (χ0) is 9.71. The fraction of sp³-hybridized carbons (Fsp3) is 0.333. The van der Waals surface area contributed by atoms with Gasteiger partial charge in [-0.1, -0.05) is 0 Å². The Balaban J connectivity index is 2.29. The van der Waals surface area contributed by atoms with Crippen molar-refractivity contribution in [3.05, 3.63) is 29.5 Å². The number of aromatic nitrogens is 1. The van der Waals surface area contributed by atoms with Gasteiger partial charge in [0.25, 0.3) is 0 Å². The highest BCUT2D eigenvalue weighted by molar-refractivity contribution is 5.86. The topological polar surface area (TPSA) is 36.0 Å². The van der Waals surface area contributed by atoms with Gasteiger partial charge in [-0.3, -0.25) is 0 Å². The number of hydrogen-bond acceptors (Lipinski definition) is 1. The average Bonchev–Trinajstić information content (AvgIpc) is 2.91. The van der Waals surface area contributed by atoms with Crippen LogP contribution in [0.1, 0.15) is 29.9 Å². The number of benzene rings is 1. The first-order valence-corrected chi connectivity index (χ1v) is 5.06. The van der Waals surface area contributed by atoms with E-state index in [2.05, 4.69) is 11.2 Å². The standard InChI is InChI=1S/C12H13NO/c1-7-4-11-9(5-12(7)14)10(6-13-11)8-2-3-8/h4-6,8,13-14H,2-3H2,1H3. The number of fused-ring (bicyclic) bond motifs is 1. The van der Waals surface area contributed by atoms with Gasteiger partial charge >= 0.3 is 0 Å². The highest BCUT2D eigenvalue weighted by atomic mass is 16.3. The molecule has 2 N–H and O–H groups in total. The van der Waals surface area contributed by atoms with Gasteiger partial charge < -0.3 is 10.1 Å². The minimum absolute atomic E-state index is 0.402. The first-order valence-electron chi connectivity index (χ1n) is 5.06. The predicted octanol–water partition coefficient (Wildman–Crippen LogP) is 3.06. The summed E-state index contributed by atoms with van der Waals surface area (Å²) in [6.45, 7) is 1.92. The SMILES string of the molecule is Cc1cc2[nH]cc(C3CC3)c2cc1O. The largest absolute Gasteiger partial charge is 0.508 e. The zero-order valence-electron chi connectivity index (χ0n) is 8.17. The summed E-state index contributed by atoms with van der Waals surface area (Å²) in [6.07, 6.45) is 4.67. The lowest BCUT2D eigenvalue weighted by Gasteiger charge is -2.00. The van der Waals surface area contributed by atoms with Crippen LogP contribution >= 0.6 is 0 Å². The van der Waals surface area contributed by atoms with Crippen LogP contribution < -0.4 is 0 Å². The Bertz CT molecular complexity index is 494. The van der Waals surface area contributed by atoms with Crippen LogP contribution in [0.5, 0.6) is 5.75 Å². The van der Waals surface area contributed by atoms with Gasteiger partial charge in [0.2, 0.25) is 0 Å². The van der Waals surface area contributed by atoms with E-state index in [0.29, 0.717) is 5.75 Å². The van der Waals surface area contributed by atoms with Crippen molar-refractivity contribution in [2.75, 3.05) is 0 Å². The van der Waals surface area contributed by atoms with Gasteiger partial charge in [-0.2, -0.15) is 0 Å². The van der Waals surface area contributed by atoms with E-state index < -0.39 is 0 Å². The monoisotopic (exact) mass is 187 g/mol. The van der Waals surface area contributed by atoms with Crippen molar-refractivity contribution in [3.8, 4) is 5.75 Å². The van der Waals surface area contributed by atoms with Crippen molar-refractivity contribution in [2.24, 2.45) is 0 Å². The van der Waals surface area contributed by atoms with E-state index in [4.69, 9.17) is 0 Å². The molecule has 0 radical (unpaired) electrons. The van der Waals surface area contributed by atoms with Crippen LogP contribution in [-0.2, 0) is 0 Å². The number of nitrogens with one attached hydrogen (secondary N) is 1. The normalized spacial score (nSPS) is 16.4. The second kappa shape index (κ2) is 2.53. The van der Waals surface area contributed by atoms with Crippen LogP contribution in [0, 0.1) is 6.92 Å². The number of aromatic amines is 1. The minimum Gasteiger partial charge on any atom is -0.508 e. The predicted molar refractivity (Wildman–Crippen MR) is 56.7 cm³/mol. The number of rotatable bonds is 1. The molecule has 1 aliphatic rings. The van der Waals surface area contributed by atoms with Gasteiger partial charge in [0.05, 0.1) is 0 Å². The molecule has 0 unspecified atom stereocenters. The van der Waals surface area contributed by atoms with Crippen LogP contribution in [0.15, 0.2) is 18.3 Å². The van der Waals surface area contributed by atoms with Crippen molar-refractivity contribution in [2.45, 2.75) is 25.7 Å². The third-order valence-electron chi connectivity index (χ3n) is 3.05. The van der Waals surface area contributed by atoms with Crippen molar-refractivity contribution in [3.63, 3.8) is 0 Å². The maximum atomic E-state index is 9.65. The maximum absolute atomic E-state index is 9.65. The molecule has 2 nitrogen and oxygen atoms in total. The van der Waals surface area contributed by atoms with Crippen LogP contribution in [0.25, 0.3) is 10.9 Å². The number of phenols is 1. The highest BCUT2D eigenvalue weighted by Gasteiger charge is 2.26. The molecule has 2 aromatic rings. The van der Waals surface area contributed by atoms with Gasteiger partial charge in [-0.15, -0.1) is 0 Å². The van der Waals surface area contributed by atoms with Crippen LogP contribution in [-0.4, -0.2) is 10.1 Å². The second-order valence-corrected chi connectivity index (χ2v) is 4.20. The summed E-state index contributed by atoms with van der Waals surface area (Å²) < 4.78 is 0. The molecule has 1 aromatic heterocycles. The summed E-state index contributed by atoms with van der Waals surface area (Å²) in [6, 6.07) is 3.89. The first kappa shape index (κ1) is 7.92. The van der Waals surface area contributed by atoms with Gasteiger partial charge in [0, 0.05) is 17.1 Å². The van der Waals surface area contributed by atoms with Gasteiger partial charge in [-0.25, -0.2) is 0 Å². The van der Waals surface area contributed by atoms with E-state index in [1.165, 1.54) is 23.8 Å². The summed E-state index contributed by atoms with van der Waals surface area (Å²) in [4.78, 5) is 3.27. The van der Waals surface area contributed by atoms with E-state index in [-0.39, 0.29) is 0 Å². The summed E-state index contributed by atoms with van der Waals surface area (Å²) in [5.74, 6) is 1.13. The quantitative estimate of drug-likeness (QED) is 0.707. The fourth-order valence-electron chi connectivity index (χ4n) is 2.02. The lowest BCUT2D eigenvalue weighted by molar-refractivity contribution is 0.472. The zero-order valence-corrected chi connectivity index (χ0v) is 8.17. The number of aromatic hydroxyl groups is 1. The Hall–Kier alpha value is -1.44. The van der Waals surface area contributed by atoms with Crippen molar-refractivity contribution in [1.29, 1.82) is 0 Å². The lowest BCUT2D eigenvalue weighted by atomic mass is 10.1. The molecule has 14 heavy (non-hydrogen) atoms. The van der Waals surface area contributed by atoms with Crippen LogP contribution in [0.2, 0.25) is 0 Å². The molecule has 2 heteroatoms. The molecule has 1 aromatic carbocycles. The molecule has 1 heterocycles. The highest BCUT2D eigenvalue weighted by Crippen LogP contribution is 2.43. The summed E-state index contributed by atoms with van der Waals surface area (Å²) in [7, 11) is 0. The molecular formula is C12H13NO. The van der Waals surface area contributed by atoms with Gasteiger partial charge in [-0.05, 0) is 48.9 Å². The van der Waals surface area contributed by atoms with Gasteiger partial charge in [0.1, 0.15) is 5.75 Å². The molecular weight excluding hydrogens is 174 g/mol. The number of hydrogen-bond donors (Lipinski definition) is 2. The van der Waals surface area contributed by atoms with Gasteiger partial charge in [0.15, 0.2) is 0 Å². The van der Waals surface area contributed by atoms with Crippen molar-refractivity contribution < 1.29 is 5.11 Å². The molecule has 72 valence electrons. The Morgan fingerprint density at radius 3 is 2.86 bits per heavy atom. The van der Waals surface area contributed by atoms with E-state index in [1.54, 1.807) is 0 Å². The third kappa shape index (κ3) is 1.03. The molecule has 0 aliphatic heterocycles. The third-order valence-corrected chi connectivity index (χ3v) is 3.05. The summed E-state index contributed by atoms with van der Waals surface area (Å²) >= 11 is 0. The van der Waals surface area contributed by atoms with Crippen LogP contribution in [0.3, 0.4) is 0 Å². The van der Waals surface area contributed by atoms with Crippen molar-refractivity contribution >= 4 is 10.9 Å². The van der Waals surface area contributed by atoms with Crippen LogP contribution in [0.4, 0.5) is 0 Å². The van der Waals surface area contributed by atoms with E-state index >= 15 is 0 Å². The van der Waals surface area contributed by atoms with E-state index in [9.17, 15) is 5.11 Å². The van der Waals surface area contributed by atoms with E-state index in [1.807, 2.05) is 19.1 Å². The molecule has 1 fully saturated rings. The molecule has 0 amide bonds. The Morgan fingerprint density at radius 2 is 2.14 bits per heavy atom. The Kier molecular flexibility index (Phi) is 1.43. The molecule has 0 atom stereocenters. The summed E-state index contributed by atoms with van der Waals surface area (Å²) in [5.41, 5.74) is 3.44. The van der Waals surface area contributed by atoms with Crippen molar-refractivity contribution in [1.82, 2.24) is 4.98 Å². The number of aryl methyl sites for hydroxylation is 1. The molecule has 1 aliphatic carbocycles. The minimum atomic E-state index is 0.402. The number of phenolic OH excluding ortho intramolecular Hbond substituents is 1. The Labute approximate surface area is 82.6 Å². The summed E-state index contributed by atoms with van der Waals surface area (Å²) in [5, 5.41) is 10.8. The Morgan fingerprint density at radius 1 is 1.36 bits per heavy atom. The molecule has 0 spiro atoms. The average molecular weight is 187 g/mol. The first-order chi connectivity index (χ1) is 6.75. The second-order valence-electron chi connectivity index (χ2n) is 4.20. The molecule has 1 saturated carbocycles. The molecule has 0 saturated heterocycles. The lowest BCUT2D eigenvalue weighted by Crippen LogP contribution is -1.78. The molecule has 0 bridgehead atoms.